The molecule has 3 heterocycles. The van der Waals surface area contributed by atoms with E-state index in [1.165, 1.54) is 22.2 Å². The molecule has 1 unspecified atom stereocenters. The third-order valence-electron chi connectivity index (χ3n) is 5.30. The molecule has 0 saturated carbocycles. The summed E-state index contributed by atoms with van der Waals surface area (Å²) >= 11 is 1.49. The predicted octanol–water partition coefficient (Wildman–Crippen LogP) is 2.99. The summed E-state index contributed by atoms with van der Waals surface area (Å²) in [6.45, 7) is 6.63. The summed E-state index contributed by atoms with van der Waals surface area (Å²) in [5, 5.41) is 0.635. The average Bonchev–Trinajstić information content (AvgIpc) is 3.35. The largest absolute Gasteiger partial charge is 0.376 e. The second-order valence-corrected chi connectivity index (χ2v) is 8.50. The van der Waals surface area contributed by atoms with Crippen molar-refractivity contribution in [2.75, 3.05) is 18.1 Å². The van der Waals surface area contributed by atoms with E-state index >= 15 is 0 Å². The Morgan fingerprint density at radius 2 is 2.17 bits per heavy atom. The number of hydrogen-bond acceptors (Lipinski definition) is 6. The molecule has 4 rings (SSSR count). The Balaban J connectivity index is 1.66. The van der Waals surface area contributed by atoms with Gasteiger partial charge in [-0.25, -0.2) is 9.97 Å². The first-order valence-electron chi connectivity index (χ1n) is 9.74. The van der Waals surface area contributed by atoms with Crippen molar-refractivity contribution in [1.29, 1.82) is 0 Å². The zero-order valence-corrected chi connectivity index (χ0v) is 17.7. The number of rotatable bonds is 5. The third kappa shape index (κ3) is 4.09. The number of thiazole rings is 1. The summed E-state index contributed by atoms with van der Waals surface area (Å²) < 4.78 is 8.16. The highest BCUT2D eigenvalue weighted by molar-refractivity contribution is 7.22. The van der Waals surface area contributed by atoms with Crippen LogP contribution in [0, 0.1) is 20.8 Å². The highest BCUT2D eigenvalue weighted by Crippen LogP contribution is 2.30. The molecule has 0 aliphatic carbocycles. The van der Waals surface area contributed by atoms with E-state index in [2.05, 4.69) is 16.0 Å². The van der Waals surface area contributed by atoms with Gasteiger partial charge in [0.2, 0.25) is 5.91 Å². The number of anilines is 1. The molecule has 1 amide bonds. The molecule has 1 atom stereocenters. The summed E-state index contributed by atoms with van der Waals surface area (Å²) in [6.07, 6.45) is 3.34. The highest BCUT2D eigenvalue weighted by Gasteiger charge is 2.26. The number of benzene rings is 1. The molecule has 2 aromatic heterocycles. The topological polar surface area (TPSA) is 77.3 Å². The molecule has 1 aliphatic rings. The molecule has 1 aromatic carbocycles. The van der Waals surface area contributed by atoms with Gasteiger partial charge in [0.1, 0.15) is 6.54 Å². The van der Waals surface area contributed by atoms with E-state index < -0.39 is 0 Å². The first kappa shape index (κ1) is 19.7. The van der Waals surface area contributed by atoms with Gasteiger partial charge >= 0.3 is 0 Å². The second kappa shape index (κ2) is 8.04. The maximum atomic E-state index is 13.2. The number of carbonyl (C=O) groups excluding carboxylic acids is 1. The van der Waals surface area contributed by atoms with E-state index in [0.29, 0.717) is 29.5 Å². The fourth-order valence-corrected chi connectivity index (χ4v) is 4.52. The van der Waals surface area contributed by atoms with Crippen LogP contribution < -0.4 is 10.5 Å². The third-order valence-corrected chi connectivity index (χ3v) is 6.34. The van der Waals surface area contributed by atoms with Crippen molar-refractivity contribution in [2.24, 2.45) is 0 Å². The molecule has 1 fully saturated rings. The monoisotopic (exact) mass is 412 g/mol. The smallest absolute Gasteiger partial charge is 0.256 e. The molecule has 29 heavy (non-hydrogen) atoms. The number of hydrogen-bond donors (Lipinski definition) is 0. The van der Waals surface area contributed by atoms with Gasteiger partial charge in [-0.05, 0) is 51.3 Å². The summed E-state index contributed by atoms with van der Waals surface area (Å²) in [7, 11) is 0. The van der Waals surface area contributed by atoms with Crippen molar-refractivity contribution in [1.82, 2.24) is 14.5 Å². The van der Waals surface area contributed by atoms with Crippen LogP contribution in [-0.4, -0.2) is 39.7 Å². The van der Waals surface area contributed by atoms with Gasteiger partial charge in [-0.15, -0.1) is 0 Å². The van der Waals surface area contributed by atoms with Gasteiger partial charge in [-0.1, -0.05) is 17.4 Å². The average molecular weight is 413 g/mol. The van der Waals surface area contributed by atoms with Crippen LogP contribution in [0.5, 0.6) is 0 Å². The standard InChI is InChI=1S/C21H24N4O3S/c1-13-6-7-17-18(9-13)29-21(23-17)25(10-16-5-4-8-28-16)19(26)11-24-12-22-15(3)14(2)20(24)27/h6-7,9,12,16H,4-5,8,10-11H2,1-3H3. The van der Waals surface area contributed by atoms with E-state index in [-0.39, 0.29) is 24.1 Å². The Bertz CT molecular complexity index is 1110. The molecule has 3 aromatic rings. The van der Waals surface area contributed by atoms with Crippen molar-refractivity contribution in [3.63, 3.8) is 0 Å². The van der Waals surface area contributed by atoms with Gasteiger partial charge in [0.05, 0.1) is 29.2 Å². The van der Waals surface area contributed by atoms with E-state index in [1.54, 1.807) is 18.7 Å². The Kier molecular flexibility index (Phi) is 5.47. The Morgan fingerprint density at radius 1 is 1.34 bits per heavy atom. The van der Waals surface area contributed by atoms with Crippen molar-refractivity contribution in [2.45, 2.75) is 46.3 Å². The summed E-state index contributed by atoms with van der Waals surface area (Å²) in [6, 6.07) is 6.05. The van der Waals surface area contributed by atoms with Crippen LogP contribution in [0.3, 0.4) is 0 Å². The molecule has 0 radical (unpaired) electrons. The quantitative estimate of drug-likeness (QED) is 0.644. The van der Waals surface area contributed by atoms with Gasteiger partial charge < -0.3 is 4.74 Å². The van der Waals surface area contributed by atoms with Gasteiger partial charge in [-0.2, -0.15) is 0 Å². The zero-order valence-electron chi connectivity index (χ0n) is 16.8. The summed E-state index contributed by atoms with van der Waals surface area (Å²) in [5.74, 6) is -0.191. The Labute approximate surface area is 173 Å². The molecule has 7 nitrogen and oxygen atoms in total. The SMILES string of the molecule is Cc1ccc2nc(N(CC3CCCO3)C(=O)Cn3cnc(C)c(C)c3=O)sc2c1. The van der Waals surface area contributed by atoms with Crippen molar-refractivity contribution < 1.29 is 9.53 Å². The van der Waals surface area contributed by atoms with E-state index in [9.17, 15) is 9.59 Å². The van der Waals surface area contributed by atoms with Crippen LogP contribution in [0.15, 0.2) is 29.3 Å². The molecular formula is C21H24N4O3S. The van der Waals surface area contributed by atoms with Crippen molar-refractivity contribution in [3.05, 3.63) is 51.7 Å². The van der Waals surface area contributed by atoms with Gasteiger partial charge in [0.25, 0.3) is 5.56 Å². The van der Waals surface area contributed by atoms with E-state index in [4.69, 9.17) is 4.74 Å². The van der Waals surface area contributed by atoms with Crippen molar-refractivity contribution in [3.8, 4) is 0 Å². The number of fused-ring (bicyclic) bond motifs is 1. The van der Waals surface area contributed by atoms with Crippen LogP contribution in [0.25, 0.3) is 10.2 Å². The van der Waals surface area contributed by atoms with Crippen LogP contribution in [0.2, 0.25) is 0 Å². The number of ether oxygens (including phenoxy) is 1. The molecule has 0 bridgehead atoms. The first-order chi connectivity index (χ1) is 13.9. The fraction of sp³-hybridized carbons (Fsp3) is 0.429. The molecule has 0 N–H and O–H groups in total. The molecular weight excluding hydrogens is 388 g/mol. The highest BCUT2D eigenvalue weighted by atomic mass is 32.1. The Hall–Kier alpha value is -2.58. The lowest BCUT2D eigenvalue weighted by Crippen LogP contribution is -2.41. The van der Waals surface area contributed by atoms with Gasteiger partial charge in [0, 0.05) is 17.9 Å². The molecule has 1 saturated heterocycles. The number of carbonyl (C=O) groups is 1. The van der Waals surface area contributed by atoms with Crippen LogP contribution >= 0.6 is 11.3 Å². The minimum absolute atomic E-state index is 0.0118. The fourth-order valence-electron chi connectivity index (χ4n) is 3.43. The minimum atomic E-state index is -0.192. The minimum Gasteiger partial charge on any atom is -0.376 e. The molecule has 152 valence electrons. The van der Waals surface area contributed by atoms with E-state index in [1.807, 2.05) is 19.1 Å². The lowest BCUT2D eigenvalue weighted by molar-refractivity contribution is -0.119. The lowest BCUT2D eigenvalue weighted by atomic mass is 10.2. The normalized spacial score (nSPS) is 16.4. The molecule has 0 spiro atoms. The zero-order chi connectivity index (χ0) is 20.5. The van der Waals surface area contributed by atoms with Gasteiger partial charge in [0.15, 0.2) is 5.13 Å². The number of nitrogens with zero attached hydrogens (tertiary/aromatic N) is 4. The maximum absolute atomic E-state index is 13.2. The first-order valence-corrected chi connectivity index (χ1v) is 10.6. The second-order valence-electron chi connectivity index (χ2n) is 7.50. The van der Waals surface area contributed by atoms with E-state index in [0.717, 1.165) is 28.6 Å². The van der Waals surface area contributed by atoms with Crippen molar-refractivity contribution >= 4 is 32.6 Å². The number of aryl methyl sites for hydroxylation is 2. The predicted molar refractivity (Wildman–Crippen MR) is 114 cm³/mol. The number of aromatic nitrogens is 3. The summed E-state index contributed by atoms with van der Waals surface area (Å²) in [4.78, 5) is 36.3. The molecule has 8 heteroatoms. The lowest BCUT2D eigenvalue weighted by Gasteiger charge is -2.23. The van der Waals surface area contributed by atoms with Crippen LogP contribution in [0.1, 0.15) is 29.7 Å². The van der Waals surface area contributed by atoms with Crippen LogP contribution in [-0.2, 0) is 16.1 Å². The maximum Gasteiger partial charge on any atom is 0.256 e. The number of amides is 1. The van der Waals surface area contributed by atoms with Gasteiger partial charge in [-0.3, -0.25) is 19.1 Å². The van der Waals surface area contributed by atoms with Crippen LogP contribution in [0.4, 0.5) is 5.13 Å². The summed E-state index contributed by atoms with van der Waals surface area (Å²) in [5.41, 5.74) is 3.06. The molecule has 1 aliphatic heterocycles. The Morgan fingerprint density at radius 3 is 2.93 bits per heavy atom.